The van der Waals surface area contributed by atoms with Gasteiger partial charge in [0.2, 0.25) is 5.91 Å². The largest absolute Gasteiger partial charge is 0.314 e. The summed E-state index contributed by atoms with van der Waals surface area (Å²) in [5.74, 6) is -0.293. The van der Waals surface area contributed by atoms with Crippen LogP contribution < -0.4 is 4.90 Å². The summed E-state index contributed by atoms with van der Waals surface area (Å²) in [6, 6.07) is 7.78. The van der Waals surface area contributed by atoms with Crippen LogP contribution in [-0.2, 0) is 4.79 Å². The zero-order chi connectivity index (χ0) is 15.3. The highest BCUT2D eigenvalue weighted by atomic mass is 16.6. The van der Waals surface area contributed by atoms with Crippen molar-refractivity contribution in [2.45, 2.75) is 26.7 Å². The maximum atomic E-state index is 12.4. The quantitative estimate of drug-likeness (QED) is 0.610. The number of benzene rings is 1. The lowest BCUT2D eigenvalue weighted by Crippen LogP contribution is -2.40. The van der Waals surface area contributed by atoms with Crippen molar-refractivity contribution < 1.29 is 9.72 Å². The predicted octanol–water partition coefficient (Wildman–Crippen LogP) is 2.89. The highest BCUT2D eigenvalue weighted by Gasteiger charge is 2.37. The Morgan fingerprint density at radius 3 is 2.20 bits per heavy atom. The van der Waals surface area contributed by atoms with Crippen LogP contribution >= 0.6 is 0 Å². The highest BCUT2D eigenvalue weighted by molar-refractivity contribution is 5.98. The van der Waals surface area contributed by atoms with Gasteiger partial charge in [0.25, 0.3) is 5.69 Å². The van der Waals surface area contributed by atoms with E-state index in [0.29, 0.717) is 18.5 Å². The number of nitro groups is 1. The van der Waals surface area contributed by atoms with E-state index in [1.807, 2.05) is 0 Å². The van der Waals surface area contributed by atoms with Crippen LogP contribution in [0.25, 0.3) is 0 Å². The predicted molar refractivity (Wildman–Crippen MR) is 75.1 cm³/mol. The van der Waals surface area contributed by atoms with Gasteiger partial charge in [-0.3, -0.25) is 14.9 Å². The smallest absolute Gasteiger partial charge is 0.269 e. The van der Waals surface area contributed by atoms with Gasteiger partial charge in [-0.25, -0.2) is 0 Å². The summed E-state index contributed by atoms with van der Waals surface area (Å²) in [5.41, 5.74) is -0.550. The van der Waals surface area contributed by atoms with E-state index in [2.05, 4.69) is 6.07 Å². The average molecular weight is 275 g/mol. The van der Waals surface area contributed by atoms with Crippen molar-refractivity contribution in [2.75, 3.05) is 11.9 Å². The molecular formula is C14H17N3O3. The number of hydrogen-bond donors (Lipinski definition) is 0. The molecule has 0 atom stereocenters. The fraction of sp³-hybridized carbons (Fsp3) is 0.429. The highest BCUT2D eigenvalue weighted by Crippen LogP contribution is 2.30. The van der Waals surface area contributed by atoms with Gasteiger partial charge in [0.15, 0.2) is 0 Å². The molecule has 0 heterocycles. The molecule has 0 fully saturated rings. The van der Waals surface area contributed by atoms with Crippen LogP contribution in [0.1, 0.15) is 26.7 Å². The Hall–Kier alpha value is -2.42. The lowest BCUT2D eigenvalue weighted by Gasteiger charge is -2.28. The average Bonchev–Trinajstić information content (AvgIpc) is 2.48. The molecule has 1 rings (SSSR count). The van der Waals surface area contributed by atoms with Crippen LogP contribution in [0.4, 0.5) is 11.4 Å². The van der Waals surface area contributed by atoms with E-state index in [-0.39, 0.29) is 11.6 Å². The summed E-state index contributed by atoms with van der Waals surface area (Å²) in [7, 11) is 1.57. The van der Waals surface area contributed by atoms with Crippen molar-refractivity contribution in [3.05, 3.63) is 34.4 Å². The normalized spacial score (nSPS) is 10.7. The molecule has 6 heteroatoms. The molecule has 0 aliphatic rings. The molecule has 20 heavy (non-hydrogen) atoms. The lowest BCUT2D eigenvalue weighted by atomic mass is 9.82. The Morgan fingerprint density at radius 1 is 1.35 bits per heavy atom. The van der Waals surface area contributed by atoms with E-state index in [9.17, 15) is 20.2 Å². The first kappa shape index (κ1) is 15.6. The van der Waals surface area contributed by atoms with E-state index < -0.39 is 10.3 Å². The van der Waals surface area contributed by atoms with Crippen LogP contribution in [0.5, 0.6) is 0 Å². The first-order valence-electron chi connectivity index (χ1n) is 6.35. The van der Waals surface area contributed by atoms with Crippen LogP contribution in [0.3, 0.4) is 0 Å². The van der Waals surface area contributed by atoms with Gasteiger partial charge in [-0.15, -0.1) is 0 Å². The summed E-state index contributed by atoms with van der Waals surface area (Å²) in [6.45, 7) is 3.60. The van der Waals surface area contributed by atoms with Gasteiger partial charge >= 0.3 is 0 Å². The number of hydrogen-bond acceptors (Lipinski definition) is 4. The van der Waals surface area contributed by atoms with Gasteiger partial charge in [0, 0.05) is 24.9 Å². The Morgan fingerprint density at radius 2 is 1.85 bits per heavy atom. The van der Waals surface area contributed by atoms with Gasteiger partial charge in [-0.05, 0) is 25.0 Å². The van der Waals surface area contributed by atoms with Crippen LogP contribution in [0.2, 0.25) is 0 Å². The van der Waals surface area contributed by atoms with Gasteiger partial charge in [-0.2, -0.15) is 5.26 Å². The van der Waals surface area contributed by atoms with Gasteiger partial charge in [0.05, 0.1) is 11.0 Å². The van der Waals surface area contributed by atoms with Crippen molar-refractivity contribution in [3.63, 3.8) is 0 Å². The number of carbonyl (C=O) groups excluding carboxylic acids is 1. The van der Waals surface area contributed by atoms with Gasteiger partial charge in [-0.1, -0.05) is 13.8 Å². The molecule has 0 bridgehead atoms. The summed E-state index contributed by atoms with van der Waals surface area (Å²) in [6.07, 6.45) is 0.853. The van der Waals surface area contributed by atoms with Crippen molar-refractivity contribution in [1.29, 1.82) is 5.26 Å². The Labute approximate surface area is 117 Å². The van der Waals surface area contributed by atoms with E-state index >= 15 is 0 Å². The summed E-state index contributed by atoms with van der Waals surface area (Å²) in [5, 5.41) is 19.9. The molecule has 1 aromatic carbocycles. The van der Waals surface area contributed by atoms with Gasteiger partial charge < -0.3 is 4.90 Å². The molecule has 0 aromatic heterocycles. The zero-order valence-corrected chi connectivity index (χ0v) is 11.8. The lowest BCUT2D eigenvalue weighted by molar-refractivity contribution is -0.384. The standard InChI is InChI=1S/C14H17N3O3/c1-4-14(5-2,10-15)13(18)16(3)11-6-8-12(9-7-11)17(19)20/h6-9H,4-5H2,1-3H3. The molecule has 1 amide bonds. The second-order valence-electron chi connectivity index (χ2n) is 4.54. The monoisotopic (exact) mass is 275 g/mol. The number of nitrogens with zero attached hydrogens (tertiary/aromatic N) is 3. The van der Waals surface area contributed by atoms with E-state index in [1.165, 1.54) is 29.2 Å². The van der Waals surface area contributed by atoms with Crippen LogP contribution in [-0.4, -0.2) is 17.9 Å². The third-order valence-electron chi connectivity index (χ3n) is 3.58. The minimum atomic E-state index is -1.05. The molecule has 0 saturated carbocycles. The third kappa shape index (κ3) is 2.77. The Bertz CT molecular complexity index is 542. The Kier molecular flexibility index (Phi) is 4.81. The molecule has 0 radical (unpaired) electrons. The maximum Gasteiger partial charge on any atom is 0.269 e. The SMILES string of the molecule is CCC(C#N)(CC)C(=O)N(C)c1ccc([N+](=O)[O-])cc1. The Balaban J connectivity index is 3.05. The second-order valence-corrected chi connectivity index (χ2v) is 4.54. The summed E-state index contributed by atoms with van der Waals surface area (Å²) >= 11 is 0. The minimum absolute atomic E-state index is 0.0351. The number of nitriles is 1. The molecule has 0 aliphatic heterocycles. The van der Waals surface area contributed by atoms with E-state index in [1.54, 1.807) is 20.9 Å². The molecule has 0 spiro atoms. The number of amides is 1. The van der Waals surface area contributed by atoms with Crippen molar-refractivity contribution >= 4 is 17.3 Å². The molecule has 0 N–H and O–H groups in total. The topological polar surface area (TPSA) is 87.2 Å². The minimum Gasteiger partial charge on any atom is -0.314 e. The first-order valence-corrected chi connectivity index (χ1v) is 6.35. The molecule has 0 unspecified atom stereocenters. The molecule has 0 saturated heterocycles. The van der Waals surface area contributed by atoms with E-state index in [0.717, 1.165) is 0 Å². The zero-order valence-electron chi connectivity index (χ0n) is 11.8. The van der Waals surface area contributed by atoms with Crippen molar-refractivity contribution in [1.82, 2.24) is 0 Å². The molecule has 0 aliphatic carbocycles. The third-order valence-corrected chi connectivity index (χ3v) is 3.58. The fourth-order valence-corrected chi connectivity index (χ4v) is 1.99. The van der Waals surface area contributed by atoms with E-state index in [4.69, 9.17) is 0 Å². The molecular weight excluding hydrogens is 258 g/mol. The summed E-state index contributed by atoms with van der Waals surface area (Å²) < 4.78 is 0. The second kappa shape index (κ2) is 6.15. The van der Waals surface area contributed by atoms with Crippen molar-refractivity contribution in [2.24, 2.45) is 5.41 Å². The molecule has 6 nitrogen and oxygen atoms in total. The number of rotatable bonds is 5. The number of anilines is 1. The maximum absolute atomic E-state index is 12.4. The fourth-order valence-electron chi connectivity index (χ4n) is 1.99. The number of non-ortho nitro benzene ring substituents is 1. The van der Waals surface area contributed by atoms with Crippen LogP contribution in [0.15, 0.2) is 24.3 Å². The number of carbonyl (C=O) groups is 1. The molecule has 106 valence electrons. The van der Waals surface area contributed by atoms with Crippen molar-refractivity contribution in [3.8, 4) is 6.07 Å². The van der Waals surface area contributed by atoms with Crippen LogP contribution in [0, 0.1) is 26.9 Å². The van der Waals surface area contributed by atoms with Gasteiger partial charge in [0.1, 0.15) is 5.41 Å². The first-order chi connectivity index (χ1) is 9.41. The number of nitro benzene ring substituents is 1. The summed E-state index contributed by atoms with van der Waals surface area (Å²) in [4.78, 5) is 23.9. The molecule has 1 aromatic rings.